The highest BCUT2D eigenvalue weighted by molar-refractivity contribution is 5.85. The number of carbonyl (C=O) groups is 2. The molecule has 0 aliphatic rings. The maximum absolute atomic E-state index is 12.8. The number of hydrogen-bond donors (Lipinski definition) is 2. The van der Waals surface area contributed by atoms with Crippen molar-refractivity contribution in [2.75, 3.05) is 0 Å². The van der Waals surface area contributed by atoms with E-state index in [1.165, 1.54) is 24.3 Å². The van der Waals surface area contributed by atoms with Gasteiger partial charge in [-0.1, -0.05) is 42.5 Å². The zero-order valence-corrected chi connectivity index (χ0v) is 11.8. The van der Waals surface area contributed by atoms with Crippen LogP contribution in [0.2, 0.25) is 0 Å². The molecular weight excluding hydrogens is 285 g/mol. The quantitative estimate of drug-likeness (QED) is 0.859. The molecule has 2 aromatic rings. The highest BCUT2D eigenvalue weighted by atomic mass is 19.1. The average Bonchev–Trinajstić information content (AvgIpc) is 2.49. The summed E-state index contributed by atoms with van der Waals surface area (Å²) in [6.45, 7) is 0. The van der Waals surface area contributed by atoms with E-state index in [4.69, 9.17) is 0 Å². The van der Waals surface area contributed by atoms with Gasteiger partial charge in [-0.2, -0.15) is 0 Å². The van der Waals surface area contributed by atoms with E-state index in [0.29, 0.717) is 5.56 Å². The molecule has 5 heteroatoms. The first-order valence-corrected chi connectivity index (χ1v) is 6.85. The second-order valence-corrected chi connectivity index (χ2v) is 4.95. The molecule has 4 nitrogen and oxygen atoms in total. The Morgan fingerprint density at radius 2 is 1.64 bits per heavy atom. The molecule has 2 N–H and O–H groups in total. The van der Waals surface area contributed by atoms with Crippen molar-refractivity contribution in [3.05, 3.63) is 71.5 Å². The van der Waals surface area contributed by atoms with E-state index in [1.54, 1.807) is 12.1 Å². The third kappa shape index (κ3) is 4.70. The molecule has 0 heterocycles. The van der Waals surface area contributed by atoms with Crippen molar-refractivity contribution in [1.29, 1.82) is 0 Å². The fourth-order valence-electron chi connectivity index (χ4n) is 2.08. The third-order valence-corrected chi connectivity index (χ3v) is 3.19. The van der Waals surface area contributed by atoms with Gasteiger partial charge >= 0.3 is 5.97 Å². The average molecular weight is 301 g/mol. The second-order valence-electron chi connectivity index (χ2n) is 4.95. The minimum atomic E-state index is -1.12. The smallest absolute Gasteiger partial charge is 0.326 e. The van der Waals surface area contributed by atoms with Gasteiger partial charge in [0.1, 0.15) is 11.9 Å². The number of carboxylic acid groups (broad SMARTS) is 1. The fraction of sp³-hybridized carbons (Fsp3) is 0.176. The standard InChI is InChI=1S/C17H16FNO3/c18-14-8-6-13(7-9-14)10-15(17(21)22)19-16(20)11-12-4-2-1-3-5-12/h1-9,15H,10-11H2,(H,19,20)(H,21,22)/t15-/m0/s1. The van der Waals surface area contributed by atoms with Crippen LogP contribution in [0.5, 0.6) is 0 Å². The topological polar surface area (TPSA) is 66.4 Å². The minimum absolute atomic E-state index is 0.107. The van der Waals surface area contributed by atoms with E-state index in [-0.39, 0.29) is 24.6 Å². The number of aliphatic carboxylic acids is 1. The first kappa shape index (κ1) is 15.7. The Labute approximate surface area is 127 Å². The van der Waals surface area contributed by atoms with Crippen LogP contribution < -0.4 is 5.32 Å². The van der Waals surface area contributed by atoms with Crippen LogP contribution in [0.25, 0.3) is 0 Å². The Hall–Kier alpha value is -2.69. The molecule has 0 aromatic heterocycles. The number of benzene rings is 2. The molecule has 2 rings (SSSR count). The van der Waals surface area contributed by atoms with Gasteiger partial charge in [0.25, 0.3) is 0 Å². The van der Waals surface area contributed by atoms with Gasteiger partial charge < -0.3 is 10.4 Å². The molecule has 0 fully saturated rings. The molecule has 0 bridgehead atoms. The summed E-state index contributed by atoms with van der Waals surface area (Å²) in [5.41, 5.74) is 1.46. The van der Waals surface area contributed by atoms with E-state index < -0.39 is 12.0 Å². The summed E-state index contributed by atoms with van der Waals surface area (Å²) < 4.78 is 12.8. The molecule has 22 heavy (non-hydrogen) atoms. The van der Waals surface area contributed by atoms with Crippen LogP contribution in [0.15, 0.2) is 54.6 Å². The summed E-state index contributed by atoms with van der Waals surface area (Å²) in [7, 11) is 0. The summed E-state index contributed by atoms with van der Waals surface area (Å²) in [5.74, 6) is -1.87. The van der Waals surface area contributed by atoms with Crippen molar-refractivity contribution in [1.82, 2.24) is 5.32 Å². The van der Waals surface area contributed by atoms with E-state index >= 15 is 0 Å². The molecule has 0 spiro atoms. The molecular formula is C17H16FNO3. The van der Waals surface area contributed by atoms with E-state index in [1.807, 2.05) is 18.2 Å². The molecule has 1 atom stereocenters. The number of nitrogens with one attached hydrogen (secondary N) is 1. The predicted octanol–water partition coefficient (Wildman–Crippen LogP) is 2.18. The van der Waals surface area contributed by atoms with Gasteiger partial charge in [-0.3, -0.25) is 4.79 Å². The number of amides is 1. The Morgan fingerprint density at radius 1 is 1.00 bits per heavy atom. The summed E-state index contributed by atoms with van der Waals surface area (Å²) >= 11 is 0. The van der Waals surface area contributed by atoms with Crippen molar-refractivity contribution in [3.63, 3.8) is 0 Å². The van der Waals surface area contributed by atoms with Gasteiger partial charge in [-0.25, -0.2) is 9.18 Å². The first-order chi connectivity index (χ1) is 10.5. The van der Waals surface area contributed by atoms with Gasteiger partial charge in [-0.15, -0.1) is 0 Å². The maximum atomic E-state index is 12.8. The lowest BCUT2D eigenvalue weighted by Gasteiger charge is -2.14. The molecule has 0 aliphatic carbocycles. The van der Waals surface area contributed by atoms with E-state index in [2.05, 4.69) is 5.32 Å². The lowest BCUT2D eigenvalue weighted by molar-refractivity contribution is -0.141. The lowest BCUT2D eigenvalue weighted by Crippen LogP contribution is -2.43. The normalized spacial score (nSPS) is 11.7. The molecule has 0 radical (unpaired) electrons. The summed E-state index contributed by atoms with van der Waals surface area (Å²) in [6, 6.07) is 13.6. The van der Waals surface area contributed by atoms with Gasteiger partial charge in [0.2, 0.25) is 5.91 Å². The predicted molar refractivity (Wildman–Crippen MR) is 79.8 cm³/mol. The van der Waals surface area contributed by atoms with Gasteiger partial charge in [0.15, 0.2) is 0 Å². The molecule has 114 valence electrons. The Balaban J connectivity index is 1.98. The van der Waals surface area contributed by atoms with Crippen molar-refractivity contribution < 1.29 is 19.1 Å². The molecule has 1 amide bonds. The van der Waals surface area contributed by atoms with Crippen LogP contribution in [-0.4, -0.2) is 23.0 Å². The van der Waals surface area contributed by atoms with Crippen LogP contribution in [0.3, 0.4) is 0 Å². The SMILES string of the molecule is O=C(Cc1ccccc1)N[C@@H](Cc1ccc(F)cc1)C(=O)O. The number of rotatable bonds is 6. The van der Waals surface area contributed by atoms with Crippen LogP contribution in [-0.2, 0) is 22.4 Å². The maximum Gasteiger partial charge on any atom is 0.326 e. The highest BCUT2D eigenvalue weighted by Crippen LogP contribution is 2.07. The summed E-state index contributed by atoms with van der Waals surface area (Å²) in [6.07, 6.45) is 0.226. The number of hydrogen-bond acceptors (Lipinski definition) is 2. The van der Waals surface area contributed by atoms with Gasteiger partial charge in [0, 0.05) is 6.42 Å². The molecule has 0 saturated carbocycles. The number of halogens is 1. The Bertz CT molecular complexity index is 641. The second kappa shape index (κ2) is 7.36. The Morgan fingerprint density at radius 3 is 2.23 bits per heavy atom. The van der Waals surface area contributed by atoms with Crippen molar-refractivity contribution in [3.8, 4) is 0 Å². The lowest BCUT2D eigenvalue weighted by atomic mass is 10.1. The van der Waals surface area contributed by atoms with Crippen LogP contribution >= 0.6 is 0 Å². The van der Waals surface area contributed by atoms with Crippen LogP contribution in [0, 0.1) is 5.82 Å². The van der Waals surface area contributed by atoms with Crippen LogP contribution in [0.1, 0.15) is 11.1 Å². The third-order valence-electron chi connectivity index (χ3n) is 3.19. The Kier molecular flexibility index (Phi) is 5.25. The molecule has 0 unspecified atom stereocenters. The highest BCUT2D eigenvalue weighted by Gasteiger charge is 2.20. The zero-order valence-electron chi connectivity index (χ0n) is 11.8. The number of carboxylic acids is 1. The van der Waals surface area contributed by atoms with Crippen LogP contribution in [0.4, 0.5) is 4.39 Å². The van der Waals surface area contributed by atoms with E-state index in [9.17, 15) is 19.1 Å². The van der Waals surface area contributed by atoms with Crippen molar-refractivity contribution in [2.24, 2.45) is 0 Å². The van der Waals surface area contributed by atoms with Crippen molar-refractivity contribution in [2.45, 2.75) is 18.9 Å². The fourth-order valence-corrected chi connectivity index (χ4v) is 2.08. The van der Waals surface area contributed by atoms with Gasteiger partial charge in [-0.05, 0) is 23.3 Å². The monoisotopic (exact) mass is 301 g/mol. The summed E-state index contributed by atoms with van der Waals surface area (Å²) in [5, 5.41) is 11.7. The minimum Gasteiger partial charge on any atom is -0.480 e. The first-order valence-electron chi connectivity index (χ1n) is 6.85. The zero-order chi connectivity index (χ0) is 15.9. The van der Waals surface area contributed by atoms with E-state index in [0.717, 1.165) is 5.56 Å². The molecule has 0 saturated heterocycles. The molecule has 2 aromatic carbocycles. The summed E-state index contributed by atoms with van der Waals surface area (Å²) in [4.78, 5) is 23.2. The van der Waals surface area contributed by atoms with Gasteiger partial charge in [0.05, 0.1) is 6.42 Å². The largest absolute Gasteiger partial charge is 0.480 e. The van der Waals surface area contributed by atoms with Crippen molar-refractivity contribution >= 4 is 11.9 Å². The molecule has 0 aliphatic heterocycles. The number of carbonyl (C=O) groups excluding carboxylic acids is 1.